The number of amides is 1. The smallest absolute Gasteiger partial charge is 0.224 e. The van der Waals surface area contributed by atoms with E-state index in [1.807, 2.05) is 6.07 Å². The maximum absolute atomic E-state index is 13.7. The number of rotatable bonds is 5. The number of sulfone groups is 1. The Balaban J connectivity index is 2.07. The number of carbonyl (C=O) groups excluding carboxylic acids is 1. The highest BCUT2D eigenvalue weighted by atomic mass is 35.5. The van der Waals surface area contributed by atoms with E-state index in [1.54, 1.807) is 18.2 Å². The molecule has 0 heterocycles. The minimum Gasteiger partial charge on any atom is -0.324 e. The SMILES string of the molecule is CS(=O)(=O)c1ccc(F)c(NC(=O)CCc2ccccc2Cl)c1. The second kappa shape index (κ2) is 7.10. The van der Waals surface area contributed by atoms with Gasteiger partial charge >= 0.3 is 0 Å². The third-order valence-corrected chi connectivity index (χ3v) is 4.70. The summed E-state index contributed by atoms with van der Waals surface area (Å²) < 4.78 is 36.7. The van der Waals surface area contributed by atoms with Gasteiger partial charge in [-0.05, 0) is 36.2 Å². The van der Waals surface area contributed by atoms with E-state index in [0.717, 1.165) is 30.0 Å². The fourth-order valence-electron chi connectivity index (χ4n) is 1.99. The Hall–Kier alpha value is -1.92. The number of hydrogen-bond acceptors (Lipinski definition) is 3. The molecule has 0 aliphatic rings. The van der Waals surface area contributed by atoms with Crippen LogP contribution in [0.1, 0.15) is 12.0 Å². The first kappa shape index (κ1) is 17.4. The number of halogens is 2. The van der Waals surface area contributed by atoms with Gasteiger partial charge in [0.15, 0.2) is 9.84 Å². The largest absolute Gasteiger partial charge is 0.324 e. The van der Waals surface area contributed by atoms with Crippen molar-refractivity contribution in [1.29, 1.82) is 0 Å². The first-order valence-electron chi connectivity index (χ1n) is 6.80. The van der Waals surface area contributed by atoms with Gasteiger partial charge in [0.1, 0.15) is 5.82 Å². The van der Waals surface area contributed by atoms with E-state index in [-0.39, 0.29) is 17.0 Å². The zero-order valence-electron chi connectivity index (χ0n) is 12.3. The van der Waals surface area contributed by atoms with Gasteiger partial charge in [0.2, 0.25) is 5.91 Å². The molecular weight excluding hydrogens is 341 g/mol. The molecule has 2 rings (SSSR count). The van der Waals surface area contributed by atoms with Crippen LogP contribution in [-0.4, -0.2) is 20.6 Å². The molecule has 2 aromatic carbocycles. The molecular formula is C16H15ClFNO3S. The molecule has 4 nitrogen and oxygen atoms in total. The molecule has 0 radical (unpaired) electrons. The van der Waals surface area contributed by atoms with Crippen LogP contribution in [0.15, 0.2) is 47.4 Å². The van der Waals surface area contributed by atoms with Gasteiger partial charge in [-0.2, -0.15) is 0 Å². The van der Waals surface area contributed by atoms with Crippen LogP contribution in [0.2, 0.25) is 5.02 Å². The van der Waals surface area contributed by atoms with E-state index >= 15 is 0 Å². The van der Waals surface area contributed by atoms with Crippen molar-refractivity contribution in [2.24, 2.45) is 0 Å². The topological polar surface area (TPSA) is 63.2 Å². The molecule has 1 amide bonds. The van der Waals surface area contributed by atoms with Gasteiger partial charge in [-0.15, -0.1) is 0 Å². The molecule has 0 atom stereocenters. The van der Waals surface area contributed by atoms with Crippen molar-refractivity contribution < 1.29 is 17.6 Å². The highest BCUT2D eigenvalue weighted by Gasteiger charge is 2.13. The summed E-state index contributed by atoms with van der Waals surface area (Å²) in [5, 5.41) is 2.95. The van der Waals surface area contributed by atoms with Crippen molar-refractivity contribution in [3.63, 3.8) is 0 Å². The maximum atomic E-state index is 13.7. The van der Waals surface area contributed by atoms with E-state index in [1.165, 1.54) is 0 Å². The van der Waals surface area contributed by atoms with E-state index in [0.29, 0.717) is 11.4 Å². The lowest BCUT2D eigenvalue weighted by Gasteiger charge is -2.09. The van der Waals surface area contributed by atoms with Crippen LogP contribution < -0.4 is 5.32 Å². The molecule has 0 aromatic heterocycles. The number of carbonyl (C=O) groups is 1. The lowest BCUT2D eigenvalue weighted by molar-refractivity contribution is -0.116. The zero-order chi connectivity index (χ0) is 17.0. The first-order valence-corrected chi connectivity index (χ1v) is 9.07. The van der Waals surface area contributed by atoms with Crippen molar-refractivity contribution in [2.75, 3.05) is 11.6 Å². The summed E-state index contributed by atoms with van der Waals surface area (Å²) in [5.41, 5.74) is 0.659. The molecule has 1 N–H and O–H groups in total. The quantitative estimate of drug-likeness (QED) is 0.835. The second-order valence-corrected chi connectivity index (χ2v) is 7.48. The Kier molecular flexibility index (Phi) is 5.38. The highest BCUT2D eigenvalue weighted by molar-refractivity contribution is 7.90. The number of nitrogens with one attached hydrogen (secondary N) is 1. The molecule has 7 heteroatoms. The fraction of sp³-hybridized carbons (Fsp3) is 0.188. The average molecular weight is 356 g/mol. The maximum Gasteiger partial charge on any atom is 0.224 e. The highest BCUT2D eigenvalue weighted by Crippen LogP contribution is 2.21. The summed E-state index contributed by atoms with van der Waals surface area (Å²) in [5.74, 6) is -1.11. The van der Waals surface area contributed by atoms with Crippen molar-refractivity contribution in [2.45, 2.75) is 17.7 Å². The molecule has 0 aliphatic heterocycles. The summed E-state index contributed by atoms with van der Waals surface area (Å²) in [6.07, 6.45) is 1.52. The molecule has 122 valence electrons. The molecule has 0 saturated carbocycles. The summed E-state index contributed by atoms with van der Waals surface area (Å²) in [6, 6.07) is 10.4. The van der Waals surface area contributed by atoms with Gasteiger partial charge in [-0.1, -0.05) is 29.8 Å². The molecule has 2 aromatic rings. The molecule has 0 spiro atoms. The Morgan fingerprint density at radius 1 is 1.22 bits per heavy atom. The number of hydrogen-bond donors (Lipinski definition) is 1. The van der Waals surface area contributed by atoms with Gasteiger partial charge in [-0.25, -0.2) is 12.8 Å². The van der Waals surface area contributed by atoms with E-state index in [4.69, 9.17) is 11.6 Å². The van der Waals surface area contributed by atoms with Gasteiger partial charge in [0.05, 0.1) is 10.6 Å². The minimum absolute atomic E-state index is 0.0553. The van der Waals surface area contributed by atoms with Crippen LogP contribution >= 0.6 is 11.6 Å². The van der Waals surface area contributed by atoms with Crippen LogP contribution in [0.25, 0.3) is 0 Å². The second-order valence-electron chi connectivity index (χ2n) is 5.05. The molecule has 0 bridgehead atoms. The monoisotopic (exact) mass is 355 g/mol. The van der Waals surface area contributed by atoms with Crippen molar-refractivity contribution in [3.8, 4) is 0 Å². The zero-order valence-corrected chi connectivity index (χ0v) is 13.9. The van der Waals surface area contributed by atoms with Gasteiger partial charge in [0.25, 0.3) is 0 Å². The standard InChI is InChI=1S/C16H15ClFNO3S/c1-23(21,22)12-7-8-14(18)15(10-12)19-16(20)9-6-11-4-2-3-5-13(11)17/h2-5,7-8,10H,6,9H2,1H3,(H,19,20). The molecule has 0 saturated heterocycles. The Morgan fingerprint density at radius 3 is 2.57 bits per heavy atom. The number of benzene rings is 2. The minimum atomic E-state index is -3.47. The lowest BCUT2D eigenvalue weighted by atomic mass is 10.1. The summed E-state index contributed by atoms with van der Waals surface area (Å²) in [4.78, 5) is 11.9. The van der Waals surface area contributed by atoms with Crippen LogP contribution in [0.3, 0.4) is 0 Å². The summed E-state index contributed by atoms with van der Waals surface area (Å²) in [6.45, 7) is 0. The molecule has 0 aliphatic carbocycles. The van der Waals surface area contributed by atoms with Crippen LogP contribution in [0.4, 0.5) is 10.1 Å². The summed E-state index contributed by atoms with van der Waals surface area (Å²) >= 11 is 6.01. The first-order chi connectivity index (χ1) is 10.8. The van der Waals surface area contributed by atoms with Crippen LogP contribution in [-0.2, 0) is 21.1 Å². The third kappa shape index (κ3) is 4.77. The number of aryl methyl sites for hydroxylation is 1. The van der Waals surface area contributed by atoms with Gasteiger partial charge < -0.3 is 5.32 Å². The lowest BCUT2D eigenvalue weighted by Crippen LogP contribution is -2.14. The van der Waals surface area contributed by atoms with Gasteiger partial charge in [0, 0.05) is 17.7 Å². The number of anilines is 1. The van der Waals surface area contributed by atoms with Crippen LogP contribution in [0.5, 0.6) is 0 Å². The Morgan fingerprint density at radius 2 is 1.91 bits per heavy atom. The van der Waals surface area contributed by atoms with Crippen molar-refractivity contribution >= 4 is 33.0 Å². The molecule has 23 heavy (non-hydrogen) atoms. The average Bonchev–Trinajstić information content (AvgIpc) is 2.47. The predicted octanol–water partition coefficient (Wildman–Crippen LogP) is 3.45. The van der Waals surface area contributed by atoms with E-state index in [2.05, 4.69) is 5.32 Å². The third-order valence-electron chi connectivity index (χ3n) is 3.22. The predicted molar refractivity (Wildman–Crippen MR) is 87.9 cm³/mol. The van der Waals surface area contributed by atoms with Crippen molar-refractivity contribution in [3.05, 3.63) is 58.9 Å². The Bertz CT molecular complexity index is 837. The van der Waals surface area contributed by atoms with E-state index < -0.39 is 21.6 Å². The summed E-state index contributed by atoms with van der Waals surface area (Å²) in [7, 11) is -3.47. The Labute approximate surface area is 139 Å². The normalized spacial score (nSPS) is 11.3. The van der Waals surface area contributed by atoms with Crippen LogP contribution in [0, 0.1) is 5.82 Å². The molecule has 0 unspecified atom stereocenters. The van der Waals surface area contributed by atoms with E-state index in [9.17, 15) is 17.6 Å². The van der Waals surface area contributed by atoms with Crippen molar-refractivity contribution in [1.82, 2.24) is 0 Å². The fourth-order valence-corrected chi connectivity index (χ4v) is 2.87. The van der Waals surface area contributed by atoms with Gasteiger partial charge in [-0.3, -0.25) is 4.79 Å². The molecule has 0 fully saturated rings.